The van der Waals surface area contributed by atoms with Gasteiger partial charge in [0.15, 0.2) is 0 Å². The minimum Gasteiger partial charge on any atom is -0.518 e. The molecule has 0 amide bonds. The van der Waals surface area contributed by atoms with Gasteiger partial charge in [0.05, 0.1) is 0 Å². The first-order chi connectivity index (χ1) is 3.41. The van der Waals surface area contributed by atoms with Crippen molar-refractivity contribution in [3.05, 3.63) is 12.7 Å². The van der Waals surface area contributed by atoms with Crippen molar-refractivity contribution in [2.75, 3.05) is 6.61 Å². The Morgan fingerprint density at radius 1 is 1.38 bits per heavy atom. The van der Waals surface area contributed by atoms with Crippen LogP contribution in [-0.4, -0.2) is 11.7 Å². The van der Waals surface area contributed by atoms with Gasteiger partial charge in [-0.15, -0.1) is 0 Å². The van der Waals surface area contributed by atoms with E-state index in [2.05, 4.69) is 0 Å². The number of rotatable bonds is 4. The van der Waals surface area contributed by atoms with Crippen molar-refractivity contribution < 1.29 is 34.7 Å². The quantitative estimate of drug-likeness (QED) is 0.263. The summed E-state index contributed by atoms with van der Waals surface area (Å²) in [6.45, 7) is 5.35. The van der Waals surface area contributed by atoms with E-state index in [4.69, 9.17) is 11.7 Å². The Bertz CT molecular complexity index is 45.8. The Balaban J connectivity index is 0. The van der Waals surface area contributed by atoms with E-state index in [1.54, 1.807) is 6.08 Å². The van der Waals surface area contributed by atoms with Crippen LogP contribution in [0.4, 0.5) is 0 Å². The first-order valence-corrected chi connectivity index (χ1v) is 2.56. The number of aliphatic hydroxyl groups excluding tert-OH is 1. The predicted molar refractivity (Wildman–Crippen MR) is 29.8 cm³/mol. The maximum Gasteiger partial charge on any atom is 1.00 e. The summed E-state index contributed by atoms with van der Waals surface area (Å²) in [6, 6.07) is 0. The van der Waals surface area contributed by atoms with Gasteiger partial charge in [-0.3, -0.25) is 6.08 Å². The largest absolute Gasteiger partial charge is 1.00 e. The van der Waals surface area contributed by atoms with Crippen LogP contribution in [-0.2, 0) is 0 Å². The van der Waals surface area contributed by atoms with E-state index in [1.807, 2.05) is 0 Å². The first-order valence-electron chi connectivity index (χ1n) is 2.56. The number of unbranched alkanes of at least 4 members (excludes halogenated alkanes) is 2. The Hall–Kier alpha value is 0.700. The zero-order valence-electron chi connectivity index (χ0n) is 5.43. The van der Waals surface area contributed by atoms with Crippen LogP contribution in [0.1, 0.15) is 19.3 Å². The number of hydrogen-bond donors (Lipinski definition) is 1. The molecule has 0 spiro atoms. The summed E-state index contributed by atoms with van der Waals surface area (Å²) in [6.07, 6.45) is 4.41. The molecule has 0 aromatic rings. The smallest absolute Gasteiger partial charge is 0.518 e. The van der Waals surface area contributed by atoms with E-state index in [-0.39, 0.29) is 36.2 Å². The van der Waals surface area contributed by atoms with Crippen molar-refractivity contribution in [3.63, 3.8) is 0 Å². The van der Waals surface area contributed by atoms with Gasteiger partial charge in [0.1, 0.15) is 0 Å². The molecule has 0 bridgehead atoms. The second kappa shape index (κ2) is 10.6. The van der Waals surface area contributed by atoms with E-state index in [0.717, 1.165) is 19.3 Å². The van der Waals surface area contributed by atoms with Crippen LogP contribution in [0.25, 0.3) is 0 Å². The van der Waals surface area contributed by atoms with Crippen LogP contribution < -0.4 is 29.6 Å². The third-order valence-electron chi connectivity index (χ3n) is 0.779. The van der Waals surface area contributed by atoms with Gasteiger partial charge in [-0.05, 0) is 6.42 Å². The fraction of sp³-hybridized carbons (Fsp3) is 0.667. The predicted octanol–water partition coefficient (Wildman–Crippen LogP) is -1.86. The van der Waals surface area contributed by atoms with Crippen molar-refractivity contribution in [1.82, 2.24) is 0 Å². The fourth-order valence-electron chi connectivity index (χ4n) is 0.374. The number of aliphatic hydroxyl groups is 1. The Morgan fingerprint density at radius 2 is 2.00 bits per heavy atom. The molecule has 0 rings (SSSR count). The molecule has 1 nitrogen and oxygen atoms in total. The molecule has 42 valence electrons. The minimum absolute atomic E-state index is 0. The molecule has 0 radical (unpaired) electrons. The number of allylic oxidation sites excluding steroid dienone is 1. The summed E-state index contributed by atoms with van der Waals surface area (Å²) in [7, 11) is 0. The van der Waals surface area contributed by atoms with Crippen LogP contribution in [0, 0.1) is 6.58 Å². The van der Waals surface area contributed by atoms with Gasteiger partial charge in [-0.25, -0.2) is 0 Å². The van der Waals surface area contributed by atoms with Crippen molar-refractivity contribution in [1.29, 1.82) is 0 Å². The molecule has 1 N–H and O–H groups in total. The first kappa shape index (κ1) is 11.5. The van der Waals surface area contributed by atoms with E-state index in [9.17, 15) is 0 Å². The van der Waals surface area contributed by atoms with Crippen molar-refractivity contribution in [2.24, 2.45) is 0 Å². The van der Waals surface area contributed by atoms with Crippen molar-refractivity contribution in [2.45, 2.75) is 19.3 Å². The Morgan fingerprint density at radius 3 is 2.38 bits per heavy atom. The summed E-state index contributed by atoms with van der Waals surface area (Å²) in [5.74, 6) is 0. The van der Waals surface area contributed by atoms with Crippen LogP contribution >= 0.6 is 0 Å². The normalized spacial score (nSPS) is 7.62. The number of hydrogen-bond acceptors (Lipinski definition) is 1. The molecule has 0 heterocycles. The van der Waals surface area contributed by atoms with E-state index in [0.29, 0.717) is 0 Å². The molecule has 2 heteroatoms. The summed E-state index contributed by atoms with van der Waals surface area (Å²) >= 11 is 0. The third-order valence-corrected chi connectivity index (χ3v) is 0.779. The van der Waals surface area contributed by atoms with Crippen molar-refractivity contribution in [3.8, 4) is 0 Å². The van der Waals surface area contributed by atoms with Crippen LogP contribution in [0.5, 0.6) is 0 Å². The molecule has 0 aromatic heterocycles. The maximum atomic E-state index is 8.24. The second-order valence-corrected chi connectivity index (χ2v) is 1.46. The maximum absolute atomic E-state index is 8.24. The van der Waals surface area contributed by atoms with Crippen LogP contribution in [0.15, 0.2) is 6.08 Å². The van der Waals surface area contributed by atoms with Gasteiger partial charge in [0.2, 0.25) is 0 Å². The third kappa shape index (κ3) is 9.85. The molecule has 0 atom stereocenters. The molecule has 0 saturated heterocycles. The zero-order chi connectivity index (χ0) is 5.54. The van der Waals surface area contributed by atoms with Crippen LogP contribution in [0.3, 0.4) is 0 Å². The second-order valence-electron chi connectivity index (χ2n) is 1.46. The van der Waals surface area contributed by atoms with Gasteiger partial charge < -0.3 is 11.7 Å². The molecule has 0 aliphatic rings. The Kier molecular flexibility index (Phi) is 15.3. The molecule has 8 heavy (non-hydrogen) atoms. The fourth-order valence-corrected chi connectivity index (χ4v) is 0.374. The van der Waals surface area contributed by atoms with E-state index in [1.165, 1.54) is 0 Å². The standard InChI is InChI=1S/C6H11O.Na/c1-2-3-4-5-6-7;/h1-2,7H,3-6H2;/q-1;+1. The molecular formula is C6H11NaO. The van der Waals surface area contributed by atoms with Crippen LogP contribution in [0.2, 0.25) is 0 Å². The molecule has 0 unspecified atom stereocenters. The summed E-state index contributed by atoms with van der Waals surface area (Å²) in [5, 5.41) is 8.24. The van der Waals surface area contributed by atoms with Crippen molar-refractivity contribution >= 4 is 0 Å². The average Bonchev–Trinajstić information content (AvgIpc) is 1.69. The SMILES string of the molecule is [CH-]=CCCCCO.[Na+]. The summed E-state index contributed by atoms with van der Waals surface area (Å²) in [5.41, 5.74) is 0. The van der Waals surface area contributed by atoms with Gasteiger partial charge >= 0.3 is 29.6 Å². The topological polar surface area (TPSA) is 20.2 Å². The monoisotopic (exact) mass is 122 g/mol. The van der Waals surface area contributed by atoms with Gasteiger partial charge in [-0.2, -0.15) is 0 Å². The molecule has 0 fully saturated rings. The molecule has 0 aromatic carbocycles. The van der Waals surface area contributed by atoms with E-state index < -0.39 is 0 Å². The van der Waals surface area contributed by atoms with Gasteiger partial charge in [0.25, 0.3) is 0 Å². The minimum atomic E-state index is 0. The molecule has 0 aliphatic carbocycles. The van der Waals surface area contributed by atoms with Gasteiger partial charge in [-0.1, -0.05) is 12.8 Å². The average molecular weight is 122 g/mol. The zero-order valence-corrected chi connectivity index (χ0v) is 7.43. The van der Waals surface area contributed by atoms with E-state index >= 15 is 0 Å². The summed E-state index contributed by atoms with van der Waals surface area (Å²) in [4.78, 5) is 0. The molecule has 0 aliphatic heterocycles. The Labute approximate surface area is 73.1 Å². The molecule has 0 saturated carbocycles. The molecular weight excluding hydrogens is 111 g/mol. The summed E-state index contributed by atoms with van der Waals surface area (Å²) < 4.78 is 0. The van der Waals surface area contributed by atoms with Gasteiger partial charge in [0, 0.05) is 6.61 Å².